The van der Waals surface area contributed by atoms with Gasteiger partial charge >= 0.3 is 0 Å². The minimum atomic E-state index is 0. The Balaban J connectivity index is 0. The molecule has 0 spiro atoms. The van der Waals surface area contributed by atoms with Crippen LogP contribution in [0.25, 0.3) is 0 Å². The van der Waals surface area contributed by atoms with Gasteiger partial charge in [0.05, 0.1) is 0 Å². The van der Waals surface area contributed by atoms with Crippen molar-refractivity contribution < 1.29 is 60.3 Å². The summed E-state index contributed by atoms with van der Waals surface area (Å²) in [6.45, 7) is 0. The van der Waals surface area contributed by atoms with Gasteiger partial charge in [-0.3, -0.25) is 0 Å². The Kier molecular flexibility index (Phi) is 172. The fourth-order valence-corrected chi connectivity index (χ4v) is 0. The fourth-order valence-electron chi connectivity index (χ4n) is 0. The predicted molar refractivity (Wildman–Crippen MR) is 11.3 cm³/mol. The van der Waals surface area contributed by atoms with E-state index in [1.807, 2.05) is 0 Å². The van der Waals surface area contributed by atoms with Gasteiger partial charge < -0.3 is 0 Å². The average Bonchev–Trinajstić information content (AvgIpc) is 0. The van der Waals surface area contributed by atoms with Crippen molar-refractivity contribution in [3.05, 3.63) is 0 Å². The molecule has 0 saturated carbocycles. The normalized spacial score (nSPS) is 0. The zero-order valence-corrected chi connectivity index (χ0v) is 7.35. The maximum Gasteiger partial charge on any atom is 0 e. The summed E-state index contributed by atoms with van der Waals surface area (Å²) in [4.78, 5) is 0. The van der Waals surface area contributed by atoms with Crippen LogP contribution in [0.15, 0.2) is 0 Å². The number of hydrogen-bond donors (Lipinski definition) is 0. The molecule has 0 rings (SSSR count). The molecule has 0 heterocycles. The zero-order chi connectivity index (χ0) is 0. The average molecular weight is 262 g/mol. The van der Waals surface area contributed by atoms with Crippen LogP contribution < -0.4 is 0 Å². The minimum absolute atomic E-state index is 0. The molecule has 0 aromatic carbocycles. The second-order valence-electron chi connectivity index (χ2n) is 0. The minimum Gasteiger partial charge on any atom is -0.0149 e. The van der Waals surface area contributed by atoms with E-state index in [-0.39, 0.29) is 71.2 Å². The Morgan fingerprint density at radius 1 is 0.750 bits per heavy atom. The van der Waals surface area contributed by atoms with Crippen molar-refractivity contribution in [2.45, 2.75) is 0 Å². The van der Waals surface area contributed by atoms with Gasteiger partial charge in [0.15, 0.2) is 0 Å². The van der Waals surface area contributed by atoms with Gasteiger partial charge in [0.2, 0.25) is 0 Å². The monoisotopic (exact) mass is 262 g/mol. The first-order valence-corrected chi connectivity index (χ1v) is 0. The standard InChI is InChI=1S/Cd.2Ni.H4Si/h;;;1H4. The largest absolute Gasteiger partial charge is 0.0149 e. The Morgan fingerprint density at radius 3 is 0.750 bits per heavy atom. The van der Waals surface area contributed by atoms with Crippen LogP contribution in [0.3, 0.4) is 0 Å². The summed E-state index contributed by atoms with van der Waals surface area (Å²) in [5, 5.41) is 0. The van der Waals surface area contributed by atoms with E-state index in [1.54, 1.807) is 0 Å². The fraction of sp³-hybridized carbons (Fsp3) is 0. The molecule has 0 saturated heterocycles. The van der Waals surface area contributed by atoms with E-state index < -0.39 is 0 Å². The molecule has 0 N–H and O–H groups in total. The molecular formula is H4CdNi2Si. The number of hydrogen-bond acceptors (Lipinski definition) is 0. The zero-order valence-electron chi connectivity index (χ0n) is 1.34. The van der Waals surface area contributed by atoms with Gasteiger partial charge in [-0.05, 0) is 11.0 Å². The molecule has 4 heteroatoms. The Bertz CT molecular complexity index is 6.00. The molecule has 0 bridgehead atoms. The molecule has 30 valence electrons. The summed E-state index contributed by atoms with van der Waals surface area (Å²) in [6, 6.07) is 0. The van der Waals surface area contributed by atoms with Crippen molar-refractivity contribution in [1.82, 2.24) is 0 Å². The van der Waals surface area contributed by atoms with Crippen LogP contribution >= 0.6 is 0 Å². The predicted octanol–water partition coefficient (Wildman–Crippen LogP) is -1.46. The van der Waals surface area contributed by atoms with Gasteiger partial charge in [-0.1, -0.05) is 0 Å². The number of rotatable bonds is 0. The van der Waals surface area contributed by atoms with Crippen molar-refractivity contribution in [3.63, 3.8) is 0 Å². The van der Waals surface area contributed by atoms with Crippen LogP contribution in [-0.2, 0) is 60.3 Å². The Hall–Kier alpha value is 2.13. The van der Waals surface area contributed by atoms with Crippen molar-refractivity contribution in [2.75, 3.05) is 0 Å². The summed E-state index contributed by atoms with van der Waals surface area (Å²) in [6.07, 6.45) is 0. The molecule has 0 aliphatic carbocycles. The van der Waals surface area contributed by atoms with Crippen LogP contribution in [0, 0.1) is 0 Å². The Labute approximate surface area is 70.5 Å². The molecule has 0 nitrogen and oxygen atoms in total. The van der Waals surface area contributed by atoms with Crippen molar-refractivity contribution in [1.29, 1.82) is 0 Å². The van der Waals surface area contributed by atoms with Gasteiger partial charge in [-0.2, -0.15) is 0 Å². The molecule has 0 amide bonds. The first-order chi connectivity index (χ1) is 0. The Morgan fingerprint density at radius 2 is 0.750 bits per heavy atom. The first-order valence-electron chi connectivity index (χ1n) is 0. The summed E-state index contributed by atoms with van der Waals surface area (Å²) >= 11 is 0. The van der Waals surface area contributed by atoms with E-state index in [1.165, 1.54) is 0 Å². The second-order valence-corrected chi connectivity index (χ2v) is 0. The van der Waals surface area contributed by atoms with E-state index in [0.29, 0.717) is 0 Å². The van der Waals surface area contributed by atoms with E-state index in [4.69, 9.17) is 0 Å². The molecule has 0 fully saturated rings. The second kappa shape index (κ2) is 19.3. The molecule has 4 heavy (non-hydrogen) atoms. The smallest absolute Gasteiger partial charge is 0 e. The van der Waals surface area contributed by atoms with E-state index in [0.717, 1.165) is 0 Å². The van der Waals surface area contributed by atoms with Crippen molar-refractivity contribution in [2.24, 2.45) is 0 Å². The van der Waals surface area contributed by atoms with Crippen molar-refractivity contribution >= 4 is 11.0 Å². The van der Waals surface area contributed by atoms with Crippen LogP contribution in [0.4, 0.5) is 0 Å². The molecule has 0 aromatic heterocycles. The summed E-state index contributed by atoms with van der Waals surface area (Å²) in [5.41, 5.74) is 0. The summed E-state index contributed by atoms with van der Waals surface area (Å²) in [5.74, 6) is 0. The van der Waals surface area contributed by atoms with Gasteiger partial charge in [-0.25, -0.2) is 0 Å². The SMILES string of the molecule is [Cd].[Ni].[Ni].[SiH4]. The maximum absolute atomic E-state index is 0. The maximum atomic E-state index is 0. The van der Waals surface area contributed by atoms with E-state index >= 15 is 0 Å². The van der Waals surface area contributed by atoms with Gasteiger partial charge in [0.25, 0.3) is 0 Å². The van der Waals surface area contributed by atoms with Crippen LogP contribution in [-0.4, -0.2) is 11.0 Å². The van der Waals surface area contributed by atoms with Gasteiger partial charge in [0, 0.05) is 60.3 Å². The van der Waals surface area contributed by atoms with Gasteiger partial charge in [-0.15, -0.1) is 0 Å². The van der Waals surface area contributed by atoms with E-state index in [2.05, 4.69) is 0 Å². The molecule has 0 aliphatic rings. The van der Waals surface area contributed by atoms with Gasteiger partial charge in [0.1, 0.15) is 0 Å². The molecule has 0 unspecified atom stereocenters. The first kappa shape index (κ1) is 35.6. The van der Waals surface area contributed by atoms with Crippen LogP contribution in [0.5, 0.6) is 0 Å². The molecule has 0 atom stereocenters. The molecule has 0 radical (unpaired) electrons. The summed E-state index contributed by atoms with van der Waals surface area (Å²) < 4.78 is 0. The molecule has 0 aromatic rings. The molecule has 0 aliphatic heterocycles. The third-order valence-electron chi connectivity index (χ3n) is 0. The van der Waals surface area contributed by atoms with E-state index in [9.17, 15) is 0 Å². The molecular weight excluding hydrogens is 258 g/mol. The quantitative estimate of drug-likeness (QED) is 0.468. The summed E-state index contributed by atoms with van der Waals surface area (Å²) in [7, 11) is 0. The van der Waals surface area contributed by atoms with Crippen LogP contribution in [0.1, 0.15) is 0 Å². The van der Waals surface area contributed by atoms with Crippen molar-refractivity contribution in [3.8, 4) is 0 Å². The topological polar surface area (TPSA) is 0 Å². The third-order valence-corrected chi connectivity index (χ3v) is 0. The third kappa shape index (κ3) is 8.92. The van der Waals surface area contributed by atoms with Crippen LogP contribution in [0.2, 0.25) is 0 Å².